The molecule has 17 heavy (non-hydrogen) atoms. The maximum Gasteiger partial charge on any atom is 0.490 e. The first-order valence-electron chi connectivity index (χ1n) is 4.54. The first-order chi connectivity index (χ1) is 8.06. The van der Waals surface area contributed by atoms with Crippen molar-refractivity contribution >= 4 is 29.2 Å². The largest absolute Gasteiger partial charge is 0.490 e. The van der Waals surface area contributed by atoms with Crippen LogP contribution in [0.15, 0.2) is 24.5 Å². The van der Waals surface area contributed by atoms with Gasteiger partial charge in [0.05, 0.1) is 6.54 Å². The number of benzene rings is 1. The highest BCUT2D eigenvalue weighted by atomic mass is 35.5. The van der Waals surface area contributed by atoms with Crippen LogP contribution in [0.25, 0.3) is 0 Å². The Morgan fingerprint density at radius 1 is 1.41 bits per heavy atom. The minimum absolute atomic E-state index is 0.302. The number of hydrogen-bond donors (Lipinski definition) is 0. The third kappa shape index (κ3) is 2.72. The minimum atomic E-state index is -0.653. The van der Waals surface area contributed by atoms with Gasteiger partial charge >= 0.3 is 5.95 Å². The molecule has 1 aromatic heterocycles. The normalized spacial score (nSPS) is 10.5. The van der Waals surface area contributed by atoms with E-state index < -0.39 is 10.9 Å². The predicted octanol–water partition coefficient (Wildman–Crippen LogP) is 2.54. The van der Waals surface area contributed by atoms with Crippen molar-refractivity contribution in [3.8, 4) is 0 Å². The summed E-state index contributed by atoms with van der Waals surface area (Å²) in [4.78, 5) is 13.3. The molecule has 2 aromatic rings. The van der Waals surface area contributed by atoms with Crippen LogP contribution in [0.3, 0.4) is 0 Å². The van der Waals surface area contributed by atoms with E-state index in [4.69, 9.17) is 23.2 Å². The van der Waals surface area contributed by atoms with Crippen molar-refractivity contribution in [1.29, 1.82) is 0 Å². The van der Waals surface area contributed by atoms with Crippen molar-refractivity contribution in [2.45, 2.75) is 6.54 Å². The average molecular weight is 273 g/mol. The van der Waals surface area contributed by atoms with Crippen molar-refractivity contribution in [3.05, 3.63) is 50.2 Å². The molecule has 0 saturated carbocycles. The molecule has 1 heterocycles. The smallest absolute Gasteiger partial charge is 0.390 e. The Kier molecular flexibility index (Phi) is 3.26. The van der Waals surface area contributed by atoms with Gasteiger partial charge in [0.15, 0.2) is 0 Å². The van der Waals surface area contributed by atoms with Gasteiger partial charge in [-0.25, -0.2) is 0 Å². The van der Waals surface area contributed by atoms with E-state index in [1.165, 1.54) is 11.0 Å². The topological polar surface area (TPSA) is 73.8 Å². The molecular formula is C9H6Cl2N4O2. The number of halogens is 2. The van der Waals surface area contributed by atoms with E-state index in [1.54, 1.807) is 18.2 Å². The van der Waals surface area contributed by atoms with Crippen LogP contribution in [0.5, 0.6) is 0 Å². The van der Waals surface area contributed by atoms with Crippen LogP contribution in [0.2, 0.25) is 10.0 Å². The van der Waals surface area contributed by atoms with Crippen LogP contribution in [0.1, 0.15) is 5.56 Å². The molecule has 0 spiro atoms. The van der Waals surface area contributed by atoms with Crippen LogP contribution in [0.4, 0.5) is 5.95 Å². The molecule has 0 aliphatic carbocycles. The van der Waals surface area contributed by atoms with E-state index in [0.29, 0.717) is 16.6 Å². The van der Waals surface area contributed by atoms with Gasteiger partial charge in [0.25, 0.3) is 0 Å². The standard InChI is InChI=1S/C9H6Cl2N4O2/c10-7-2-1-6(8(11)3-7)4-14-5-12-9(13-14)15(16)17/h1-3,5H,4H2. The molecule has 0 atom stereocenters. The maximum atomic E-state index is 10.4. The fraction of sp³-hybridized carbons (Fsp3) is 0.111. The Balaban J connectivity index is 2.22. The second-order valence-corrected chi connectivity index (χ2v) is 4.08. The molecule has 0 radical (unpaired) electrons. The summed E-state index contributed by atoms with van der Waals surface area (Å²) in [6, 6.07) is 5.02. The second-order valence-electron chi connectivity index (χ2n) is 3.23. The lowest BCUT2D eigenvalue weighted by atomic mass is 10.2. The van der Waals surface area contributed by atoms with Crippen molar-refractivity contribution in [2.75, 3.05) is 0 Å². The van der Waals surface area contributed by atoms with E-state index in [0.717, 1.165) is 5.56 Å². The average Bonchev–Trinajstić information content (AvgIpc) is 2.71. The minimum Gasteiger partial charge on any atom is -0.390 e. The number of aromatic nitrogens is 3. The summed E-state index contributed by atoms with van der Waals surface area (Å²) in [5.74, 6) is -0.435. The van der Waals surface area contributed by atoms with Crippen molar-refractivity contribution < 1.29 is 4.92 Å². The SMILES string of the molecule is O=[N+]([O-])c1ncn(Cc2ccc(Cl)cc2Cl)n1. The van der Waals surface area contributed by atoms with Gasteiger partial charge in [0.2, 0.25) is 6.33 Å². The lowest BCUT2D eigenvalue weighted by Gasteiger charge is -2.01. The Morgan fingerprint density at radius 3 is 2.76 bits per heavy atom. The summed E-state index contributed by atoms with van der Waals surface area (Å²) in [6.45, 7) is 0.302. The molecule has 0 bridgehead atoms. The Labute approximate surface area is 106 Å². The zero-order chi connectivity index (χ0) is 12.4. The van der Waals surface area contributed by atoms with Gasteiger partial charge in [-0.3, -0.25) is 0 Å². The van der Waals surface area contributed by atoms with Gasteiger partial charge in [-0.05, 0) is 22.6 Å². The molecular weight excluding hydrogens is 267 g/mol. The summed E-state index contributed by atoms with van der Waals surface area (Å²) in [5.41, 5.74) is 0.760. The van der Waals surface area contributed by atoms with Crippen molar-refractivity contribution in [2.24, 2.45) is 0 Å². The van der Waals surface area contributed by atoms with Crippen molar-refractivity contribution in [3.63, 3.8) is 0 Å². The quantitative estimate of drug-likeness (QED) is 0.636. The molecule has 0 fully saturated rings. The number of nitrogens with zero attached hydrogens (tertiary/aromatic N) is 4. The van der Waals surface area contributed by atoms with E-state index in [9.17, 15) is 10.1 Å². The molecule has 1 aromatic carbocycles. The van der Waals surface area contributed by atoms with Crippen molar-refractivity contribution in [1.82, 2.24) is 14.8 Å². The van der Waals surface area contributed by atoms with Gasteiger partial charge in [-0.1, -0.05) is 34.3 Å². The molecule has 2 rings (SSSR count). The molecule has 0 saturated heterocycles. The zero-order valence-electron chi connectivity index (χ0n) is 8.38. The molecule has 0 N–H and O–H groups in total. The molecule has 0 unspecified atom stereocenters. The first kappa shape index (κ1) is 11.8. The van der Waals surface area contributed by atoms with E-state index in [1.807, 2.05) is 0 Å². The Morgan fingerprint density at radius 2 is 2.18 bits per heavy atom. The van der Waals surface area contributed by atoms with E-state index in [2.05, 4.69) is 10.1 Å². The summed E-state index contributed by atoms with van der Waals surface area (Å²) >= 11 is 11.7. The van der Waals surface area contributed by atoms with Crippen LogP contribution >= 0.6 is 23.2 Å². The zero-order valence-corrected chi connectivity index (χ0v) is 9.89. The van der Waals surface area contributed by atoms with Crippen LogP contribution in [0, 0.1) is 10.1 Å². The molecule has 6 nitrogen and oxygen atoms in total. The number of hydrogen-bond acceptors (Lipinski definition) is 4. The van der Waals surface area contributed by atoms with Gasteiger partial charge < -0.3 is 10.1 Å². The fourth-order valence-electron chi connectivity index (χ4n) is 1.27. The van der Waals surface area contributed by atoms with Gasteiger partial charge in [-0.15, -0.1) is 0 Å². The second kappa shape index (κ2) is 4.68. The van der Waals surface area contributed by atoms with E-state index in [-0.39, 0.29) is 0 Å². The monoisotopic (exact) mass is 272 g/mol. The predicted molar refractivity (Wildman–Crippen MR) is 62.2 cm³/mol. The molecule has 0 aliphatic heterocycles. The summed E-state index contributed by atoms with van der Waals surface area (Å²) < 4.78 is 1.34. The summed E-state index contributed by atoms with van der Waals surface area (Å²) in [6.07, 6.45) is 1.28. The van der Waals surface area contributed by atoms with Gasteiger partial charge in [-0.2, -0.15) is 4.68 Å². The van der Waals surface area contributed by atoms with Crippen LogP contribution < -0.4 is 0 Å². The molecule has 0 aliphatic rings. The highest BCUT2D eigenvalue weighted by molar-refractivity contribution is 6.35. The lowest BCUT2D eigenvalue weighted by molar-refractivity contribution is -0.394. The van der Waals surface area contributed by atoms with Crippen LogP contribution in [-0.2, 0) is 6.54 Å². The van der Waals surface area contributed by atoms with Crippen LogP contribution in [-0.4, -0.2) is 19.7 Å². The van der Waals surface area contributed by atoms with E-state index >= 15 is 0 Å². The van der Waals surface area contributed by atoms with Gasteiger partial charge in [0, 0.05) is 15.1 Å². The maximum absolute atomic E-state index is 10.4. The lowest BCUT2D eigenvalue weighted by Crippen LogP contribution is -2.01. The number of rotatable bonds is 3. The first-order valence-corrected chi connectivity index (χ1v) is 5.29. The molecule has 88 valence electrons. The summed E-state index contributed by atoms with van der Waals surface area (Å²) in [7, 11) is 0. The molecule has 8 heteroatoms. The Hall–Kier alpha value is -1.66. The summed E-state index contributed by atoms with van der Waals surface area (Å²) in [5, 5.41) is 15.1. The van der Waals surface area contributed by atoms with Gasteiger partial charge in [0.1, 0.15) is 0 Å². The number of nitro groups is 1. The third-order valence-corrected chi connectivity index (χ3v) is 2.62. The fourth-order valence-corrected chi connectivity index (χ4v) is 1.74. The highest BCUT2D eigenvalue weighted by Gasteiger charge is 2.13. The molecule has 0 amide bonds. The third-order valence-electron chi connectivity index (χ3n) is 2.04. The Bertz CT molecular complexity index is 570. The highest BCUT2D eigenvalue weighted by Crippen LogP contribution is 2.21.